The van der Waals surface area contributed by atoms with Gasteiger partial charge in [0.2, 0.25) is 0 Å². The Hall–Kier alpha value is -1.78. The zero-order chi connectivity index (χ0) is 12.4. The van der Waals surface area contributed by atoms with Gasteiger partial charge in [0.1, 0.15) is 0 Å². The second kappa shape index (κ2) is 4.84. The van der Waals surface area contributed by atoms with Crippen molar-refractivity contribution in [2.45, 2.75) is 6.54 Å². The zero-order valence-electron chi connectivity index (χ0n) is 10.1. The first-order valence-corrected chi connectivity index (χ1v) is 6.73. The van der Waals surface area contributed by atoms with E-state index in [4.69, 9.17) is 4.98 Å². The van der Waals surface area contributed by atoms with Gasteiger partial charge in [0.15, 0.2) is 0 Å². The molecule has 0 radical (unpaired) electrons. The van der Waals surface area contributed by atoms with Crippen molar-refractivity contribution in [3.05, 3.63) is 46.9 Å². The third-order valence-corrected chi connectivity index (χ3v) is 3.54. The maximum Gasteiger partial charge on any atom is 0.0763 e. The van der Waals surface area contributed by atoms with Gasteiger partial charge in [-0.15, -0.1) is 0 Å². The van der Waals surface area contributed by atoms with Crippen LogP contribution in [0.2, 0.25) is 0 Å². The van der Waals surface area contributed by atoms with Crippen molar-refractivity contribution in [3.8, 4) is 11.3 Å². The summed E-state index contributed by atoms with van der Waals surface area (Å²) >= 11 is 1.69. The average Bonchev–Trinajstić information content (AvgIpc) is 2.92. The number of fused-ring (bicyclic) bond motifs is 1. The number of hydrogen-bond donors (Lipinski definition) is 1. The summed E-state index contributed by atoms with van der Waals surface area (Å²) in [6.07, 6.45) is 3.64. The van der Waals surface area contributed by atoms with E-state index in [1.807, 2.05) is 19.3 Å². The number of rotatable bonds is 3. The molecular formula is C14H13N3S. The lowest BCUT2D eigenvalue weighted by Crippen LogP contribution is -2.07. The zero-order valence-corrected chi connectivity index (χ0v) is 10.9. The molecule has 90 valence electrons. The fraction of sp³-hybridized carbons (Fsp3) is 0.143. The largest absolute Gasteiger partial charge is 0.316 e. The van der Waals surface area contributed by atoms with Gasteiger partial charge < -0.3 is 5.32 Å². The quantitative estimate of drug-likeness (QED) is 0.781. The van der Waals surface area contributed by atoms with Crippen LogP contribution < -0.4 is 5.32 Å². The molecule has 0 atom stereocenters. The first kappa shape index (κ1) is 11.3. The Labute approximate surface area is 110 Å². The number of aromatic nitrogens is 2. The SMILES string of the molecule is CNCc1cc2cnccc2nc1-c1ccsc1. The Balaban J connectivity index is 2.24. The molecule has 0 fully saturated rings. The molecule has 3 heterocycles. The summed E-state index contributed by atoms with van der Waals surface area (Å²) in [7, 11) is 1.95. The predicted molar refractivity (Wildman–Crippen MR) is 75.6 cm³/mol. The molecule has 0 aromatic carbocycles. The monoisotopic (exact) mass is 255 g/mol. The van der Waals surface area contributed by atoms with Crippen LogP contribution in [0, 0.1) is 0 Å². The van der Waals surface area contributed by atoms with Gasteiger partial charge in [-0.3, -0.25) is 4.98 Å². The Bertz CT molecular complexity index is 662. The maximum absolute atomic E-state index is 4.76. The predicted octanol–water partition coefficient (Wildman–Crippen LogP) is 3.08. The number of nitrogens with zero attached hydrogens (tertiary/aromatic N) is 2. The third-order valence-electron chi connectivity index (χ3n) is 2.86. The Kier molecular flexibility index (Phi) is 3.04. The van der Waals surface area contributed by atoms with Gasteiger partial charge in [0.05, 0.1) is 11.2 Å². The highest BCUT2D eigenvalue weighted by Gasteiger charge is 2.09. The van der Waals surface area contributed by atoms with Crippen molar-refractivity contribution in [3.63, 3.8) is 0 Å². The topological polar surface area (TPSA) is 37.8 Å². The van der Waals surface area contributed by atoms with Crippen molar-refractivity contribution in [2.75, 3.05) is 7.05 Å². The van der Waals surface area contributed by atoms with E-state index in [9.17, 15) is 0 Å². The summed E-state index contributed by atoms with van der Waals surface area (Å²) in [6, 6.07) is 6.23. The molecule has 0 aliphatic heterocycles. The normalized spacial score (nSPS) is 10.9. The summed E-state index contributed by atoms with van der Waals surface area (Å²) in [5.41, 5.74) is 4.44. The molecule has 1 N–H and O–H groups in total. The van der Waals surface area contributed by atoms with Crippen LogP contribution in [0.4, 0.5) is 0 Å². The molecule has 3 rings (SSSR count). The summed E-state index contributed by atoms with van der Waals surface area (Å²) in [6.45, 7) is 0.809. The lowest BCUT2D eigenvalue weighted by molar-refractivity contribution is 0.817. The molecule has 3 aromatic heterocycles. The first-order valence-electron chi connectivity index (χ1n) is 5.79. The fourth-order valence-electron chi connectivity index (χ4n) is 2.04. The minimum Gasteiger partial charge on any atom is -0.316 e. The van der Waals surface area contributed by atoms with Crippen LogP contribution in [-0.4, -0.2) is 17.0 Å². The molecule has 0 amide bonds. The highest BCUT2D eigenvalue weighted by Crippen LogP contribution is 2.26. The standard InChI is InChI=1S/C14H13N3S/c1-15-7-12-6-11-8-16-4-2-13(11)17-14(12)10-3-5-18-9-10/h2-6,8-9,15H,7H2,1H3. The molecule has 0 saturated carbocycles. The molecular weight excluding hydrogens is 242 g/mol. The minimum atomic E-state index is 0.809. The van der Waals surface area contributed by atoms with Crippen molar-refractivity contribution in [2.24, 2.45) is 0 Å². The van der Waals surface area contributed by atoms with Gasteiger partial charge in [-0.05, 0) is 36.2 Å². The minimum absolute atomic E-state index is 0.809. The Morgan fingerprint density at radius 1 is 1.33 bits per heavy atom. The molecule has 0 unspecified atom stereocenters. The van der Waals surface area contributed by atoms with Crippen LogP contribution in [0.15, 0.2) is 41.4 Å². The first-order chi connectivity index (χ1) is 8.88. The van der Waals surface area contributed by atoms with Gasteiger partial charge in [0, 0.05) is 35.3 Å². The molecule has 0 saturated heterocycles. The average molecular weight is 255 g/mol. The Morgan fingerprint density at radius 3 is 3.06 bits per heavy atom. The van der Waals surface area contributed by atoms with Crippen LogP contribution >= 0.6 is 11.3 Å². The van der Waals surface area contributed by atoms with E-state index >= 15 is 0 Å². The fourth-order valence-corrected chi connectivity index (χ4v) is 2.68. The molecule has 3 aromatic rings. The molecule has 0 aliphatic carbocycles. The van der Waals surface area contributed by atoms with Crippen LogP contribution in [0.3, 0.4) is 0 Å². The van der Waals surface area contributed by atoms with Crippen molar-refractivity contribution >= 4 is 22.2 Å². The van der Waals surface area contributed by atoms with E-state index in [1.165, 1.54) is 11.1 Å². The lowest BCUT2D eigenvalue weighted by Gasteiger charge is -2.09. The molecule has 0 aliphatic rings. The Morgan fingerprint density at radius 2 is 2.28 bits per heavy atom. The van der Waals surface area contributed by atoms with E-state index in [1.54, 1.807) is 17.5 Å². The smallest absolute Gasteiger partial charge is 0.0763 e. The number of pyridine rings is 2. The third kappa shape index (κ3) is 2.00. The number of nitrogens with one attached hydrogen (secondary N) is 1. The summed E-state index contributed by atoms with van der Waals surface area (Å²) in [4.78, 5) is 8.91. The second-order valence-corrected chi connectivity index (χ2v) is 4.89. The highest BCUT2D eigenvalue weighted by atomic mass is 32.1. The van der Waals surface area contributed by atoms with Crippen LogP contribution in [0.1, 0.15) is 5.56 Å². The summed E-state index contributed by atoms with van der Waals surface area (Å²) in [5.74, 6) is 0. The van der Waals surface area contributed by atoms with Crippen molar-refractivity contribution < 1.29 is 0 Å². The molecule has 4 heteroatoms. The lowest BCUT2D eigenvalue weighted by atomic mass is 10.1. The highest BCUT2D eigenvalue weighted by molar-refractivity contribution is 7.08. The van der Waals surface area contributed by atoms with Gasteiger partial charge >= 0.3 is 0 Å². The summed E-state index contributed by atoms with van der Waals surface area (Å²) in [5, 5.41) is 8.49. The van der Waals surface area contributed by atoms with E-state index in [0.29, 0.717) is 0 Å². The van der Waals surface area contributed by atoms with E-state index in [-0.39, 0.29) is 0 Å². The van der Waals surface area contributed by atoms with E-state index in [0.717, 1.165) is 23.1 Å². The van der Waals surface area contributed by atoms with Crippen molar-refractivity contribution in [1.82, 2.24) is 15.3 Å². The van der Waals surface area contributed by atoms with Gasteiger partial charge in [-0.1, -0.05) is 0 Å². The van der Waals surface area contributed by atoms with Gasteiger partial charge in [-0.2, -0.15) is 11.3 Å². The number of thiophene rings is 1. The molecule has 0 bridgehead atoms. The van der Waals surface area contributed by atoms with Crippen LogP contribution in [-0.2, 0) is 6.54 Å². The van der Waals surface area contributed by atoms with Crippen LogP contribution in [0.25, 0.3) is 22.2 Å². The molecule has 0 spiro atoms. The molecule has 18 heavy (non-hydrogen) atoms. The summed E-state index contributed by atoms with van der Waals surface area (Å²) < 4.78 is 0. The second-order valence-electron chi connectivity index (χ2n) is 4.11. The maximum atomic E-state index is 4.76. The van der Waals surface area contributed by atoms with E-state index in [2.05, 4.69) is 33.2 Å². The van der Waals surface area contributed by atoms with Crippen molar-refractivity contribution in [1.29, 1.82) is 0 Å². The van der Waals surface area contributed by atoms with Crippen LogP contribution in [0.5, 0.6) is 0 Å². The number of hydrogen-bond acceptors (Lipinski definition) is 4. The molecule has 3 nitrogen and oxygen atoms in total. The van der Waals surface area contributed by atoms with Gasteiger partial charge in [0.25, 0.3) is 0 Å². The van der Waals surface area contributed by atoms with E-state index < -0.39 is 0 Å². The van der Waals surface area contributed by atoms with Gasteiger partial charge in [-0.25, -0.2) is 4.98 Å².